The Kier molecular flexibility index (Phi) is 3.20. The van der Waals surface area contributed by atoms with Gasteiger partial charge < -0.3 is 5.73 Å². The highest BCUT2D eigenvalue weighted by atomic mass is 35.5. The maximum atomic E-state index is 6.09. The summed E-state index contributed by atoms with van der Waals surface area (Å²) in [4.78, 5) is 4.38. The lowest BCUT2D eigenvalue weighted by molar-refractivity contribution is 1.07. The Labute approximate surface area is 116 Å². The molecule has 0 unspecified atom stereocenters. The summed E-state index contributed by atoms with van der Waals surface area (Å²) in [5.41, 5.74) is 10.0. The molecule has 2 N–H and O–H groups in total. The summed E-state index contributed by atoms with van der Waals surface area (Å²) < 4.78 is 0. The van der Waals surface area contributed by atoms with Crippen LogP contribution in [0.15, 0.2) is 54.7 Å². The Bertz CT molecular complexity index is 738. The highest BCUT2D eigenvalue weighted by molar-refractivity contribution is 6.30. The molecule has 3 heteroatoms. The van der Waals surface area contributed by atoms with E-state index >= 15 is 0 Å². The summed E-state index contributed by atoms with van der Waals surface area (Å²) in [6.45, 7) is 0.493. The van der Waals surface area contributed by atoms with Gasteiger partial charge in [-0.1, -0.05) is 35.9 Å². The van der Waals surface area contributed by atoms with Crippen LogP contribution in [0.1, 0.15) is 5.56 Å². The SMILES string of the molecule is NCc1ccc(Cl)cc1-c1ccc2cccnc2c1. The average molecular weight is 269 g/mol. The van der Waals surface area contributed by atoms with Crippen molar-refractivity contribution in [1.29, 1.82) is 0 Å². The molecule has 0 aliphatic carbocycles. The number of aromatic nitrogens is 1. The van der Waals surface area contributed by atoms with Crippen LogP contribution in [-0.2, 0) is 6.54 Å². The zero-order valence-corrected chi connectivity index (χ0v) is 11.1. The van der Waals surface area contributed by atoms with E-state index in [4.69, 9.17) is 17.3 Å². The smallest absolute Gasteiger partial charge is 0.0708 e. The molecule has 2 nitrogen and oxygen atoms in total. The van der Waals surface area contributed by atoms with E-state index in [1.54, 1.807) is 6.20 Å². The molecule has 19 heavy (non-hydrogen) atoms. The van der Waals surface area contributed by atoms with Gasteiger partial charge in [0, 0.05) is 23.2 Å². The van der Waals surface area contributed by atoms with Gasteiger partial charge in [-0.15, -0.1) is 0 Å². The van der Waals surface area contributed by atoms with Gasteiger partial charge in [0.25, 0.3) is 0 Å². The molecule has 0 atom stereocenters. The van der Waals surface area contributed by atoms with Gasteiger partial charge in [0.1, 0.15) is 0 Å². The van der Waals surface area contributed by atoms with Crippen LogP contribution < -0.4 is 5.73 Å². The first-order chi connectivity index (χ1) is 9.28. The number of nitrogens with zero attached hydrogens (tertiary/aromatic N) is 1. The molecular formula is C16H13ClN2. The topological polar surface area (TPSA) is 38.9 Å². The van der Waals surface area contributed by atoms with E-state index in [0.717, 1.165) is 27.6 Å². The molecule has 3 aromatic rings. The molecule has 1 aromatic heterocycles. The first-order valence-corrected chi connectivity index (χ1v) is 6.49. The van der Waals surface area contributed by atoms with Gasteiger partial charge in [0.2, 0.25) is 0 Å². The molecule has 94 valence electrons. The fourth-order valence-corrected chi connectivity index (χ4v) is 2.40. The molecule has 0 saturated heterocycles. The monoisotopic (exact) mass is 268 g/mol. The minimum atomic E-state index is 0.493. The van der Waals surface area contributed by atoms with Crippen LogP contribution in [0.3, 0.4) is 0 Å². The van der Waals surface area contributed by atoms with Crippen molar-refractivity contribution in [1.82, 2.24) is 4.98 Å². The lowest BCUT2D eigenvalue weighted by atomic mass is 9.98. The van der Waals surface area contributed by atoms with Gasteiger partial charge in [-0.3, -0.25) is 4.98 Å². The summed E-state index contributed by atoms with van der Waals surface area (Å²) in [7, 11) is 0. The van der Waals surface area contributed by atoms with Crippen LogP contribution in [0.5, 0.6) is 0 Å². The largest absolute Gasteiger partial charge is 0.326 e. The summed E-state index contributed by atoms with van der Waals surface area (Å²) in [5, 5.41) is 1.84. The number of benzene rings is 2. The molecule has 0 radical (unpaired) electrons. The van der Waals surface area contributed by atoms with Crippen LogP contribution in [0.4, 0.5) is 0 Å². The van der Waals surface area contributed by atoms with Crippen molar-refractivity contribution in [2.24, 2.45) is 5.73 Å². The number of pyridine rings is 1. The zero-order chi connectivity index (χ0) is 13.2. The van der Waals surface area contributed by atoms with Crippen molar-refractivity contribution in [3.8, 4) is 11.1 Å². The van der Waals surface area contributed by atoms with Crippen LogP contribution >= 0.6 is 11.6 Å². The van der Waals surface area contributed by atoms with Gasteiger partial charge in [0.15, 0.2) is 0 Å². The van der Waals surface area contributed by atoms with E-state index in [9.17, 15) is 0 Å². The minimum absolute atomic E-state index is 0.493. The number of hydrogen-bond donors (Lipinski definition) is 1. The van der Waals surface area contributed by atoms with E-state index in [0.29, 0.717) is 11.6 Å². The molecule has 0 aliphatic heterocycles. The van der Waals surface area contributed by atoms with Crippen LogP contribution in [0, 0.1) is 0 Å². The molecule has 0 bridgehead atoms. The van der Waals surface area contributed by atoms with E-state index in [-0.39, 0.29) is 0 Å². The highest BCUT2D eigenvalue weighted by Gasteiger charge is 2.06. The summed E-state index contributed by atoms with van der Waals surface area (Å²) in [5.74, 6) is 0. The Morgan fingerprint density at radius 1 is 1.05 bits per heavy atom. The maximum Gasteiger partial charge on any atom is 0.0708 e. The number of halogens is 1. The van der Waals surface area contributed by atoms with Crippen molar-refractivity contribution in [3.05, 3.63) is 65.3 Å². The van der Waals surface area contributed by atoms with E-state index in [2.05, 4.69) is 23.2 Å². The molecular weight excluding hydrogens is 256 g/mol. The molecule has 1 heterocycles. The van der Waals surface area contributed by atoms with Crippen molar-refractivity contribution < 1.29 is 0 Å². The Morgan fingerprint density at radius 2 is 1.95 bits per heavy atom. The molecule has 0 aliphatic rings. The van der Waals surface area contributed by atoms with Crippen molar-refractivity contribution in [2.45, 2.75) is 6.54 Å². The van der Waals surface area contributed by atoms with Gasteiger partial charge in [-0.05, 0) is 41.0 Å². The second-order valence-corrected chi connectivity index (χ2v) is 4.85. The maximum absolute atomic E-state index is 6.09. The standard InChI is InChI=1S/C16H13ClN2/c17-14-6-5-13(10-18)15(9-14)12-4-3-11-2-1-7-19-16(11)8-12/h1-9H,10,18H2. The first kappa shape index (κ1) is 12.2. The minimum Gasteiger partial charge on any atom is -0.326 e. The third-order valence-corrected chi connectivity index (χ3v) is 3.44. The van der Waals surface area contributed by atoms with E-state index < -0.39 is 0 Å². The first-order valence-electron chi connectivity index (χ1n) is 6.11. The van der Waals surface area contributed by atoms with Crippen molar-refractivity contribution in [2.75, 3.05) is 0 Å². The second kappa shape index (κ2) is 5.00. The third-order valence-electron chi connectivity index (χ3n) is 3.21. The molecule has 0 spiro atoms. The predicted molar refractivity (Wildman–Crippen MR) is 80.1 cm³/mol. The van der Waals surface area contributed by atoms with Gasteiger partial charge >= 0.3 is 0 Å². The van der Waals surface area contributed by atoms with E-state index in [1.807, 2.05) is 30.3 Å². The van der Waals surface area contributed by atoms with E-state index in [1.165, 1.54) is 0 Å². The van der Waals surface area contributed by atoms with Crippen molar-refractivity contribution >= 4 is 22.5 Å². The number of nitrogens with two attached hydrogens (primary N) is 1. The molecule has 0 saturated carbocycles. The Hall–Kier alpha value is -1.90. The number of fused-ring (bicyclic) bond motifs is 1. The second-order valence-electron chi connectivity index (χ2n) is 4.42. The quantitative estimate of drug-likeness (QED) is 0.763. The van der Waals surface area contributed by atoms with Gasteiger partial charge in [-0.25, -0.2) is 0 Å². The lowest BCUT2D eigenvalue weighted by Crippen LogP contribution is -1.98. The molecule has 0 fully saturated rings. The summed E-state index contributed by atoms with van der Waals surface area (Å²) >= 11 is 6.09. The molecule has 2 aromatic carbocycles. The number of hydrogen-bond acceptors (Lipinski definition) is 2. The fourth-order valence-electron chi connectivity index (χ4n) is 2.23. The average Bonchev–Trinajstić information content (AvgIpc) is 2.46. The summed E-state index contributed by atoms with van der Waals surface area (Å²) in [6, 6.07) is 16.0. The Balaban J connectivity index is 2.21. The normalized spacial score (nSPS) is 10.8. The van der Waals surface area contributed by atoms with Crippen LogP contribution in [-0.4, -0.2) is 4.98 Å². The van der Waals surface area contributed by atoms with Gasteiger partial charge in [-0.2, -0.15) is 0 Å². The number of rotatable bonds is 2. The molecule has 3 rings (SSSR count). The summed E-state index contributed by atoms with van der Waals surface area (Å²) in [6.07, 6.45) is 1.80. The molecule has 0 amide bonds. The lowest BCUT2D eigenvalue weighted by Gasteiger charge is -2.09. The highest BCUT2D eigenvalue weighted by Crippen LogP contribution is 2.28. The Morgan fingerprint density at radius 3 is 2.79 bits per heavy atom. The van der Waals surface area contributed by atoms with Gasteiger partial charge in [0.05, 0.1) is 5.52 Å². The third kappa shape index (κ3) is 2.33. The van der Waals surface area contributed by atoms with Crippen molar-refractivity contribution in [3.63, 3.8) is 0 Å². The van der Waals surface area contributed by atoms with Crippen LogP contribution in [0.25, 0.3) is 22.0 Å². The van der Waals surface area contributed by atoms with Crippen LogP contribution in [0.2, 0.25) is 5.02 Å². The zero-order valence-electron chi connectivity index (χ0n) is 10.3. The predicted octanol–water partition coefficient (Wildman–Crippen LogP) is 4.01. The fraction of sp³-hybridized carbons (Fsp3) is 0.0625.